The van der Waals surface area contributed by atoms with Crippen LogP contribution in [0, 0.1) is 5.92 Å². The number of alkyl halides is 3. The quantitative estimate of drug-likeness (QED) is 0.900. The molecule has 0 saturated carbocycles. The summed E-state index contributed by atoms with van der Waals surface area (Å²) in [6, 6.07) is 2.31. The molecule has 2 rings (SSSR count). The van der Waals surface area contributed by atoms with Crippen LogP contribution in [0.3, 0.4) is 0 Å². The van der Waals surface area contributed by atoms with Crippen molar-refractivity contribution in [1.82, 2.24) is 4.98 Å². The van der Waals surface area contributed by atoms with Gasteiger partial charge in [-0.1, -0.05) is 0 Å². The van der Waals surface area contributed by atoms with Crippen molar-refractivity contribution in [1.29, 1.82) is 0 Å². The van der Waals surface area contributed by atoms with E-state index in [4.69, 9.17) is 5.73 Å². The van der Waals surface area contributed by atoms with E-state index in [-0.39, 0.29) is 6.04 Å². The van der Waals surface area contributed by atoms with Crippen LogP contribution in [-0.2, 0) is 6.18 Å². The Hall–Kier alpha value is -1.30. The third-order valence-electron chi connectivity index (χ3n) is 3.68. The summed E-state index contributed by atoms with van der Waals surface area (Å²) in [5.41, 5.74) is 5.01. The summed E-state index contributed by atoms with van der Waals surface area (Å²) in [7, 11) is 0. The molecule has 2 heterocycles. The minimum absolute atomic E-state index is 0.193. The SMILES string of the molecule is CC1CCC(CN)CN1c1cc(C(F)(F)F)ccn1. The molecule has 1 fully saturated rings. The first-order valence-electron chi connectivity index (χ1n) is 6.41. The number of anilines is 1. The lowest BCUT2D eigenvalue weighted by atomic mass is 9.93. The van der Waals surface area contributed by atoms with Gasteiger partial charge in [-0.2, -0.15) is 13.2 Å². The first-order valence-corrected chi connectivity index (χ1v) is 6.41. The standard InChI is InChI=1S/C13H18F3N3/c1-9-2-3-10(7-17)8-19(9)12-6-11(4-5-18-12)13(14,15)16/h4-6,9-10H,2-3,7-8,17H2,1H3. The highest BCUT2D eigenvalue weighted by atomic mass is 19.4. The smallest absolute Gasteiger partial charge is 0.354 e. The number of nitrogens with two attached hydrogens (primary N) is 1. The van der Waals surface area contributed by atoms with Gasteiger partial charge < -0.3 is 10.6 Å². The molecule has 2 unspecified atom stereocenters. The lowest BCUT2D eigenvalue weighted by Crippen LogP contribution is -2.44. The van der Waals surface area contributed by atoms with E-state index in [0.29, 0.717) is 24.8 Å². The van der Waals surface area contributed by atoms with Crippen LogP contribution in [-0.4, -0.2) is 24.1 Å². The second-order valence-electron chi connectivity index (χ2n) is 5.08. The van der Waals surface area contributed by atoms with E-state index in [0.717, 1.165) is 25.0 Å². The maximum atomic E-state index is 12.7. The molecule has 2 N–H and O–H groups in total. The fraction of sp³-hybridized carbons (Fsp3) is 0.615. The molecule has 6 heteroatoms. The van der Waals surface area contributed by atoms with E-state index in [1.807, 2.05) is 11.8 Å². The highest BCUT2D eigenvalue weighted by Gasteiger charge is 2.32. The van der Waals surface area contributed by atoms with E-state index in [2.05, 4.69) is 4.98 Å². The molecule has 0 bridgehead atoms. The van der Waals surface area contributed by atoms with E-state index in [1.165, 1.54) is 6.20 Å². The Morgan fingerprint density at radius 2 is 2.16 bits per heavy atom. The van der Waals surface area contributed by atoms with Crippen LogP contribution in [0.15, 0.2) is 18.3 Å². The molecule has 1 aromatic heterocycles. The van der Waals surface area contributed by atoms with E-state index in [1.54, 1.807) is 0 Å². The Balaban J connectivity index is 2.25. The highest BCUT2D eigenvalue weighted by molar-refractivity contribution is 5.43. The van der Waals surface area contributed by atoms with Crippen molar-refractivity contribution in [2.45, 2.75) is 32.0 Å². The molecular weight excluding hydrogens is 255 g/mol. The monoisotopic (exact) mass is 273 g/mol. The van der Waals surface area contributed by atoms with Crippen LogP contribution in [0.2, 0.25) is 0 Å². The summed E-state index contributed by atoms with van der Waals surface area (Å²) in [4.78, 5) is 6.01. The predicted molar refractivity (Wildman–Crippen MR) is 67.8 cm³/mol. The van der Waals surface area contributed by atoms with Gasteiger partial charge in [-0.3, -0.25) is 0 Å². The fourth-order valence-electron chi connectivity index (χ4n) is 2.45. The Bertz CT molecular complexity index is 433. The van der Waals surface area contributed by atoms with Gasteiger partial charge in [0.25, 0.3) is 0 Å². The summed E-state index contributed by atoms with van der Waals surface area (Å²) in [6.45, 7) is 3.24. The molecule has 0 amide bonds. The van der Waals surface area contributed by atoms with Gasteiger partial charge in [0.15, 0.2) is 0 Å². The Morgan fingerprint density at radius 1 is 1.42 bits per heavy atom. The molecule has 1 saturated heterocycles. The van der Waals surface area contributed by atoms with Gasteiger partial charge >= 0.3 is 6.18 Å². The van der Waals surface area contributed by atoms with Crippen molar-refractivity contribution in [2.75, 3.05) is 18.0 Å². The van der Waals surface area contributed by atoms with Crippen LogP contribution >= 0.6 is 0 Å². The zero-order valence-corrected chi connectivity index (χ0v) is 10.8. The third kappa shape index (κ3) is 3.18. The zero-order chi connectivity index (χ0) is 14.0. The Kier molecular flexibility index (Phi) is 3.99. The minimum Gasteiger partial charge on any atom is -0.354 e. The molecule has 19 heavy (non-hydrogen) atoms. The molecule has 2 atom stereocenters. The van der Waals surface area contributed by atoms with Crippen molar-refractivity contribution < 1.29 is 13.2 Å². The average Bonchev–Trinajstić information content (AvgIpc) is 2.38. The molecule has 0 aliphatic carbocycles. The minimum atomic E-state index is -4.33. The third-order valence-corrected chi connectivity index (χ3v) is 3.68. The number of piperidine rings is 1. The predicted octanol–water partition coefficient (Wildman–Crippen LogP) is 2.66. The van der Waals surface area contributed by atoms with Crippen LogP contribution < -0.4 is 10.6 Å². The molecule has 1 aromatic rings. The Morgan fingerprint density at radius 3 is 2.79 bits per heavy atom. The summed E-state index contributed by atoms with van der Waals surface area (Å²) in [5, 5.41) is 0. The molecule has 1 aliphatic heterocycles. The van der Waals surface area contributed by atoms with Crippen molar-refractivity contribution in [2.24, 2.45) is 11.7 Å². The summed E-state index contributed by atoms with van der Waals surface area (Å²) in [5.74, 6) is 0.716. The zero-order valence-electron chi connectivity index (χ0n) is 10.8. The molecule has 106 valence electrons. The van der Waals surface area contributed by atoms with Gasteiger partial charge in [-0.05, 0) is 44.4 Å². The number of nitrogens with zero attached hydrogens (tertiary/aromatic N) is 2. The van der Waals surface area contributed by atoms with Crippen LogP contribution in [0.4, 0.5) is 19.0 Å². The van der Waals surface area contributed by atoms with Gasteiger partial charge in [-0.15, -0.1) is 0 Å². The highest BCUT2D eigenvalue weighted by Crippen LogP contribution is 2.32. The molecule has 0 spiro atoms. The number of rotatable bonds is 2. The van der Waals surface area contributed by atoms with E-state index < -0.39 is 11.7 Å². The summed E-state index contributed by atoms with van der Waals surface area (Å²) >= 11 is 0. The van der Waals surface area contributed by atoms with E-state index in [9.17, 15) is 13.2 Å². The van der Waals surface area contributed by atoms with Crippen molar-refractivity contribution in [3.63, 3.8) is 0 Å². The van der Waals surface area contributed by atoms with Crippen LogP contribution in [0.25, 0.3) is 0 Å². The van der Waals surface area contributed by atoms with Gasteiger partial charge in [0, 0.05) is 18.8 Å². The van der Waals surface area contributed by atoms with Crippen molar-refractivity contribution in [3.05, 3.63) is 23.9 Å². The number of hydrogen-bond acceptors (Lipinski definition) is 3. The fourth-order valence-corrected chi connectivity index (χ4v) is 2.45. The van der Waals surface area contributed by atoms with Gasteiger partial charge in [0.2, 0.25) is 0 Å². The second-order valence-corrected chi connectivity index (χ2v) is 5.08. The number of aromatic nitrogens is 1. The van der Waals surface area contributed by atoms with Gasteiger partial charge in [0.1, 0.15) is 5.82 Å². The maximum Gasteiger partial charge on any atom is 0.416 e. The largest absolute Gasteiger partial charge is 0.416 e. The first-order chi connectivity index (χ1) is 8.91. The normalized spacial score (nSPS) is 24.6. The lowest BCUT2D eigenvalue weighted by molar-refractivity contribution is -0.137. The van der Waals surface area contributed by atoms with Gasteiger partial charge in [0.05, 0.1) is 5.56 Å². The average molecular weight is 273 g/mol. The number of hydrogen-bond donors (Lipinski definition) is 1. The summed E-state index contributed by atoms with van der Waals surface area (Å²) < 4.78 is 38.1. The maximum absolute atomic E-state index is 12.7. The first kappa shape index (κ1) is 14.1. The Labute approximate surface area is 110 Å². The van der Waals surface area contributed by atoms with Crippen molar-refractivity contribution in [3.8, 4) is 0 Å². The molecular formula is C13H18F3N3. The van der Waals surface area contributed by atoms with E-state index >= 15 is 0 Å². The molecule has 0 radical (unpaired) electrons. The number of pyridine rings is 1. The van der Waals surface area contributed by atoms with Gasteiger partial charge in [-0.25, -0.2) is 4.98 Å². The number of halogens is 3. The van der Waals surface area contributed by atoms with Crippen LogP contribution in [0.1, 0.15) is 25.3 Å². The second kappa shape index (κ2) is 5.36. The molecule has 1 aliphatic rings. The molecule has 0 aromatic carbocycles. The topological polar surface area (TPSA) is 42.1 Å². The molecule has 3 nitrogen and oxygen atoms in total. The lowest BCUT2D eigenvalue weighted by Gasteiger charge is -2.38. The van der Waals surface area contributed by atoms with Crippen LogP contribution in [0.5, 0.6) is 0 Å². The summed E-state index contributed by atoms with van der Waals surface area (Å²) in [6.07, 6.45) is -1.16. The van der Waals surface area contributed by atoms with Crippen molar-refractivity contribution >= 4 is 5.82 Å².